The van der Waals surface area contributed by atoms with E-state index in [0.717, 1.165) is 19.5 Å². The minimum atomic E-state index is -0.824. The van der Waals surface area contributed by atoms with Crippen LogP contribution in [0.3, 0.4) is 0 Å². The molecule has 0 aliphatic carbocycles. The minimum Gasteiger partial charge on any atom is -0.478 e. The van der Waals surface area contributed by atoms with Crippen LogP contribution in [-0.4, -0.2) is 47.3 Å². The monoisotopic (exact) mass is 213 g/mol. The zero-order valence-electron chi connectivity index (χ0n) is 9.15. The molecule has 1 saturated heterocycles. The van der Waals surface area contributed by atoms with E-state index in [2.05, 4.69) is 4.90 Å². The Labute approximate surface area is 90.2 Å². The Morgan fingerprint density at radius 3 is 2.80 bits per heavy atom. The van der Waals surface area contributed by atoms with Gasteiger partial charge in [-0.2, -0.15) is 0 Å². The maximum atomic E-state index is 10.7. The van der Waals surface area contributed by atoms with Crippen molar-refractivity contribution in [1.82, 2.24) is 4.90 Å². The van der Waals surface area contributed by atoms with Gasteiger partial charge in [0.05, 0.1) is 0 Å². The highest BCUT2D eigenvalue weighted by Crippen LogP contribution is 2.15. The number of aliphatic hydroxyl groups is 1. The van der Waals surface area contributed by atoms with Gasteiger partial charge in [0.25, 0.3) is 0 Å². The largest absolute Gasteiger partial charge is 0.478 e. The SMILES string of the molecule is CCC(=CCN1CCC(CO)C1)C(=O)O. The van der Waals surface area contributed by atoms with Crippen LogP contribution in [0.25, 0.3) is 0 Å². The van der Waals surface area contributed by atoms with E-state index in [1.54, 1.807) is 6.08 Å². The Balaban J connectivity index is 2.39. The number of hydrogen-bond donors (Lipinski definition) is 2. The van der Waals surface area contributed by atoms with Crippen LogP contribution >= 0.6 is 0 Å². The highest BCUT2D eigenvalue weighted by Gasteiger charge is 2.20. The number of aliphatic carboxylic acids is 1. The Bertz CT molecular complexity index is 250. The van der Waals surface area contributed by atoms with Gasteiger partial charge in [0.15, 0.2) is 0 Å². The van der Waals surface area contributed by atoms with E-state index < -0.39 is 5.97 Å². The predicted octanol–water partition coefficient (Wildman–Crippen LogP) is 0.722. The van der Waals surface area contributed by atoms with Gasteiger partial charge in [-0.05, 0) is 25.3 Å². The second-order valence-electron chi connectivity index (χ2n) is 3.98. The Hall–Kier alpha value is -0.870. The molecule has 0 radical (unpaired) electrons. The quantitative estimate of drug-likeness (QED) is 0.661. The van der Waals surface area contributed by atoms with Crippen LogP contribution in [0.15, 0.2) is 11.6 Å². The molecule has 1 fully saturated rings. The molecule has 0 aromatic heterocycles. The first kappa shape index (κ1) is 12.2. The fourth-order valence-electron chi connectivity index (χ4n) is 1.85. The van der Waals surface area contributed by atoms with Gasteiger partial charge in [-0.25, -0.2) is 4.79 Å². The lowest BCUT2D eigenvalue weighted by molar-refractivity contribution is -0.132. The maximum Gasteiger partial charge on any atom is 0.331 e. The summed E-state index contributed by atoms with van der Waals surface area (Å²) in [6.07, 6.45) is 3.35. The summed E-state index contributed by atoms with van der Waals surface area (Å²) in [5, 5.41) is 17.8. The fourth-order valence-corrected chi connectivity index (χ4v) is 1.85. The average Bonchev–Trinajstić information content (AvgIpc) is 2.66. The molecular weight excluding hydrogens is 194 g/mol. The van der Waals surface area contributed by atoms with Gasteiger partial charge in [-0.1, -0.05) is 13.0 Å². The molecule has 4 nitrogen and oxygen atoms in total. The average molecular weight is 213 g/mol. The molecule has 1 heterocycles. The van der Waals surface area contributed by atoms with Crippen molar-refractivity contribution >= 4 is 5.97 Å². The molecule has 15 heavy (non-hydrogen) atoms. The van der Waals surface area contributed by atoms with Gasteiger partial charge in [0.1, 0.15) is 0 Å². The molecule has 0 amide bonds. The van der Waals surface area contributed by atoms with E-state index in [-0.39, 0.29) is 6.61 Å². The molecule has 86 valence electrons. The van der Waals surface area contributed by atoms with Crippen LogP contribution in [-0.2, 0) is 4.79 Å². The molecule has 0 saturated carbocycles. The molecule has 0 bridgehead atoms. The van der Waals surface area contributed by atoms with Crippen molar-refractivity contribution in [3.63, 3.8) is 0 Å². The van der Waals surface area contributed by atoms with Crippen LogP contribution in [0.2, 0.25) is 0 Å². The lowest BCUT2D eigenvalue weighted by Gasteiger charge is -2.13. The third kappa shape index (κ3) is 3.64. The smallest absolute Gasteiger partial charge is 0.331 e. The van der Waals surface area contributed by atoms with E-state index in [1.807, 2.05) is 6.92 Å². The summed E-state index contributed by atoms with van der Waals surface area (Å²) in [6, 6.07) is 0. The molecule has 0 aromatic rings. The van der Waals surface area contributed by atoms with E-state index in [0.29, 0.717) is 24.5 Å². The van der Waals surface area contributed by atoms with Gasteiger partial charge >= 0.3 is 5.97 Å². The zero-order valence-corrected chi connectivity index (χ0v) is 9.15. The molecule has 4 heteroatoms. The molecule has 1 atom stereocenters. The highest BCUT2D eigenvalue weighted by atomic mass is 16.4. The van der Waals surface area contributed by atoms with Crippen molar-refractivity contribution in [1.29, 1.82) is 0 Å². The standard InChI is InChI=1S/C11H19NO3/c1-2-10(11(14)15)4-6-12-5-3-9(7-12)8-13/h4,9,13H,2-3,5-8H2,1H3,(H,14,15). The first-order chi connectivity index (χ1) is 7.17. The summed E-state index contributed by atoms with van der Waals surface area (Å²) >= 11 is 0. The molecule has 1 rings (SSSR count). The number of likely N-dealkylation sites (tertiary alicyclic amines) is 1. The highest BCUT2D eigenvalue weighted by molar-refractivity contribution is 5.86. The van der Waals surface area contributed by atoms with Crippen molar-refractivity contribution in [2.75, 3.05) is 26.2 Å². The first-order valence-corrected chi connectivity index (χ1v) is 5.42. The number of rotatable bonds is 5. The molecular formula is C11H19NO3. The van der Waals surface area contributed by atoms with Crippen molar-refractivity contribution in [3.05, 3.63) is 11.6 Å². The van der Waals surface area contributed by atoms with Crippen molar-refractivity contribution in [3.8, 4) is 0 Å². The van der Waals surface area contributed by atoms with Gasteiger partial charge < -0.3 is 10.2 Å². The molecule has 1 aliphatic rings. The first-order valence-electron chi connectivity index (χ1n) is 5.42. The number of carboxylic acids is 1. The van der Waals surface area contributed by atoms with E-state index in [1.165, 1.54) is 0 Å². The molecule has 0 aromatic carbocycles. The predicted molar refractivity (Wildman–Crippen MR) is 57.6 cm³/mol. The van der Waals surface area contributed by atoms with E-state index in [4.69, 9.17) is 10.2 Å². The third-order valence-electron chi connectivity index (χ3n) is 2.88. The maximum absolute atomic E-state index is 10.7. The second-order valence-corrected chi connectivity index (χ2v) is 3.98. The summed E-state index contributed by atoms with van der Waals surface area (Å²) in [4.78, 5) is 12.9. The zero-order chi connectivity index (χ0) is 11.3. The summed E-state index contributed by atoms with van der Waals surface area (Å²) in [6.45, 7) is 4.61. The molecule has 2 N–H and O–H groups in total. The molecule has 0 spiro atoms. The molecule has 1 unspecified atom stereocenters. The lowest BCUT2D eigenvalue weighted by Crippen LogP contribution is -2.22. The number of carboxylic acid groups (broad SMARTS) is 1. The van der Waals surface area contributed by atoms with Crippen LogP contribution in [0.4, 0.5) is 0 Å². The van der Waals surface area contributed by atoms with Crippen molar-refractivity contribution in [2.24, 2.45) is 5.92 Å². The number of aliphatic hydroxyl groups excluding tert-OH is 1. The molecule has 1 aliphatic heterocycles. The number of hydrogen-bond acceptors (Lipinski definition) is 3. The summed E-state index contributed by atoms with van der Waals surface area (Å²) in [7, 11) is 0. The van der Waals surface area contributed by atoms with Crippen LogP contribution < -0.4 is 0 Å². The Morgan fingerprint density at radius 1 is 1.60 bits per heavy atom. The third-order valence-corrected chi connectivity index (χ3v) is 2.88. The number of carbonyl (C=O) groups is 1. The Kier molecular flexibility index (Phi) is 4.78. The second kappa shape index (κ2) is 5.88. The normalized spacial score (nSPS) is 23.3. The van der Waals surface area contributed by atoms with Crippen LogP contribution in [0, 0.1) is 5.92 Å². The summed E-state index contributed by atoms with van der Waals surface area (Å²) in [5.41, 5.74) is 0.474. The van der Waals surface area contributed by atoms with Gasteiger partial charge in [0, 0.05) is 25.3 Å². The van der Waals surface area contributed by atoms with Crippen LogP contribution in [0.1, 0.15) is 19.8 Å². The van der Waals surface area contributed by atoms with E-state index in [9.17, 15) is 4.79 Å². The van der Waals surface area contributed by atoms with Crippen LogP contribution in [0.5, 0.6) is 0 Å². The topological polar surface area (TPSA) is 60.8 Å². The summed E-state index contributed by atoms with van der Waals surface area (Å²) in [5.74, 6) is -0.455. The van der Waals surface area contributed by atoms with Crippen molar-refractivity contribution in [2.45, 2.75) is 19.8 Å². The van der Waals surface area contributed by atoms with Gasteiger partial charge in [-0.3, -0.25) is 4.90 Å². The van der Waals surface area contributed by atoms with Crippen molar-refractivity contribution < 1.29 is 15.0 Å². The minimum absolute atomic E-state index is 0.236. The summed E-state index contributed by atoms with van der Waals surface area (Å²) < 4.78 is 0. The van der Waals surface area contributed by atoms with E-state index >= 15 is 0 Å². The lowest BCUT2D eigenvalue weighted by atomic mass is 10.1. The van der Waals surface area contributed by atoms with Gasteiger partial charge in [-0.15, -0.1) is 0 Å². The van der Waals surface area contributed by atoms with Gasteiger partial charge in [0.2, 0.25) is 0 Å². The Morgan fingerprint density at radius 2 is 2.33 bits per heavy atom. The fraction of sp³-hybridized carbons (Fsp3) is 0.727. The number of nitrogens with zero attached hydrogens (tertiary/aromatic N) is 1.